The van der Waals surface area contributed by atoms with Gasteiger partial charge in [-0.25, -0.2) is 13.1 Å². The molecular formula is C19H22ClN3O5S. The van der Waals surface area contributed by atoms with Crippen molar-refractivity contribution in [3.63, 3.8) is 0 Å². The Kier molecular flexibility index (Phi) is 7.60. The molecule has 2 aromatic carbocycles. The quantitative estimate of drug-likeness (QED) is 0.571. The van der Waals surface area contributed by atoms with Gasteiger partial charge in [0.1, 0.15) is 5.75 Å². The van der Waals surface area contributed by atoms with Crippen molar-refractivity contribution in [2.24, 2.45) is 0 Å². The summed E-state index contributed by atoms with van der Waals surface area (Å²) in [5.74, 6) is -0.890. The van der Waals surface area contributed by atoms with Crippen molar-refractivity contribution in [1.82, 2.24) is 15.6 Å². The summed E-state index contributed by atoms with van der Waals surface area (Å²) in [6.07, 6.45) is -0.170. The maximum Gasteiger partial charge on any atom is 0.273 e. The van der Waals surface area contributed by atoms with E-state index in [0.717, 1.165) is 5.56 Å². The first kappa shape index (κ1) is 22.7. The summed E-state index contributed by atoms with van der Waals surface area (Å²) >= 11 is 5.88. The molecule has 0 fully saturated rings. The summed E-state index contributed by atoms with van der Waals surface area (Å²) in [5.41, 5.74) is 6.04. The molecule has 29 heavy (non-hydrogen) atoms. The van der Waals surface area contributed by atoms with Gasteiger partial charge in [0.15, 0.2) is 0 Å². The molecule has 2 rings (SSSR count). The van der Waals surface area contributed by atoms with Crippen molar-refractivity contribution in [2.45, 2.75) is 25.2 Å². The summed E-state index contributed by atoms with van der Waals surface area (Å²) in [6, 6.07) is 9.60. The lowest BCUT2D eigenvalue weighted by atomic mass is 10.2. The van der Waals surface area contributed by atoms with Gasteiger partial charge in [0.05, 0.1) is 17.6 Å². The van der Waals surface area contributed by atoms with Crippen LogP contribution in [0.25, 0.3) is 0 Å². The Morgan fingerprint density at radius 3 is 2.48 bits per heavy atom. The molecule has 8 nitrogen and oxygen atoms in total. The zero-order valence-electron chi connectivity index (χ0n) is 16.2. The van der Waals surface area contributed by atoms with Crippen LogP contribution in [0.1, 0.15) is 27.9 Å². The molecule has 0 heterocycles. The van der Waals surface area contributed by atoms with Gasteiger partial charge < -0.3 is 4.74 Å². The third-order valence-electron chi connectivity index (χ3n) is 4.00. The maximum atomic E-state index is 12.4. The molecule has 0 atom stereocenters. The van der Waals surface area contributed by atoms with Crippen molar-refractivity contribution >= 4 is 33.4 Å². The van der Waals surface area contributed by atoms with Crippen LogP contribution in [0, 0.1) is 13.8 Å². The minimum absolute atomic E-state index is 0.127. The smallest absolute Gasteiger partial charge is 0.273 e. The van der Waals surface area contributed by atoms with Gasteiger partial charge in [-0.2, -0.15) is 0 Å². The second-order valence-electron chi connectivity index (χ2n) is 6.26. The van der Waals surface area contributed by atoms with Crippen LogP contribution in [-0.4, -0.2) is 33.9 Å². The molecule has 0 unspecified atom stereocenters. The molecule has 0 bridgehead atoms. The van der Waals surface area contributed by atoms with Gasteiger partial charge in [0, 0.05) is 18.0 Å². The van der Waals surface area contributed by atoms with E-state index in [2.05, 4.69) is 15.6 Å². The van der Waals surface area contributed by atoms with Crippen LogP contribution < -0.4 is 20.3 Å². The largest absolute Gasteiger partial charge is 0.496 e. The number of hydrazine groups is 1. The number of ether oxygens (including phenoxy) is 1. The third-order valence-corrected chi connectivity index (χ3v) is 5.84. The number of aryl methyl sites for hydroxylation is 2. The van der Waals surface area contributed by atoms with Crippen molar-refractivity contribution < 1.29 is 22.7 Å². The van der Waals surface area contributed by atoms with Crippen molar-refractivity contribution in [1.29, 1.82) is 0 Å². The van der Waals surface area contributed by atoms with E-state index in [1.165, 1.54) is 19.2 Å². The number of hydrogen-bond acceptors (Lipinski definition) is 5. The number of nitrogens with one attached hydrogen (secondary N) is 3. The van der Waals surface area contributed by atoms with Crippen LogP contribution in [0.5, 0.6) is 5.75 Å². The summed E-state index contributed by atoms with van der Waals surface area (Å²) in [6.45, 7) is 3.36. The summed E-state index contributed by atoms with van der Waals surface area (Å²) in [4.78, 5) is 24.3. The molecule has 0 aliphatic carbocycles. The van der Waals surface area contributed by atoms with Gasteiger partial charge in [-0.15, -0.1) is 0 Å². The Labute approximate surface area is 174 Å². The fraction of sp³-hybridized carbons (Fsp3) is 0.263. The van der Waals surface area contributed by atoms with Gasteiger partial charge in [0.2, 0.25) is 15.9 Å². The number of amides is 2. The summed E-state index contributed by atoms with van der Waals surface area (Å²) in [7, 11) is -2.34. The number of rotatable bonds is 7. The summed E-state index contributed by atoms with van der Waals surface area (Å²) < 4.78 is 32.3. The predicted octanol–water partition coefficient (Wildman–Crippen LogP) is 2.10. The van der Waals surface area contributed by atoms with E-state index < -0.39 is 21.8 Å². The van der Waals surface area contributed by atoms with Crippen LogP contribution in [0.3, 0.4) is 0 Å². The van der Waals surface area contributed by atoms with E-state index in [1.807, 2.05) is 6.07 Å². The molecule has 0 aromatic heterocycles. The fourth-order valence-corrected chi connectivity index (χ4v) is 4.02. The van der Waals surface area contributed by atoms with E-state index in [-0.39, 0.29) is 23.4 Å². The normalized spacial score (nSPS) is 11.0. The maximum absolute atomic E-state index is 12.4. The number of methoxy groups -OCH3 is 1. The first-order valence-electron chi connectivity index (χ1n) is 8.63. The van der Waals surface area contributed by atoms with E-state index in [9.17, 15) is 18.0 Å². The molecule has 0 radical (unpaired) electrons. The van der Waals surface area contributed by atoms with Gasteiger partial charge >= 0.3 is 0 Å². The average molecular weight is 440 g/mol. The number of carbonyl (C=O) groups is 2. The second kappa shape index (κ2) is 9.73. The number of hydrogen-bond donors (Lipinski definition) is 3. The Morgan fingerprint density at radius 2 is 1.79 bits per heavy atom. The Bertz CT molecular complexity index is 1020. The fourth-order valence-electron chi connectivity index (χ4n) is 2.49. The molecule has 10 heteroatoms. The number of halogens is 1. The zero-order chi connectivity index (χ0) is 21.6. The van der Waals surface area contributed by atoms with Crippen molar-refractivity contribution in [3.05, 3.63) is 58.1 Å². The summed E-state index contributed by atoms with van der Waals surface area (Å²) in [5, 5.41) is 0.336. The molecule has 0 aliphatic rings. The molecule has 0 aliphatic heterocycles. The highest BCUT2D eigenvalue weighted by molar-refractivity contribution is 7.89. The molecule has 3 N–H and O–H groups in total. The monoisotopic (exact) mass is 439 g/mol. The van der Waals surface area contributed by atoms with Crippen molar-refractivity contribution in [3.8, 4) is 5.75 Å². The molecule has 2 aromatic rings. The van der Waals surface area contributed by atoms with Crippen LogP contribution >= 0.6 is 11.6 Å². The molecule has 2 amide bonds. The van der Waals surface area contributed by atoms with E-state index in [4.69, 9.17) is 16.3 Å². The minimum atomic E-state index is -3.75. The third kappa shape index (κ3) is 6.18. The highest BCUT2D eigenvalue weighted by Gasteiger charge is 2.18. The standard InChI is InChI=1S/C19H22ClN3O5S/c1-12-4-5-13(2)17(10-12)29(26,27)21-9-8-18(24)22-23-19(25)15-11-14(20)6-7-16(15)28-3/h4-7,10-11,21H,8-9H2,1-3H3,(H,22,24)(H,23,25). The Balaban J connectivity index is 1.88. The second-order valence-corrected chi connectivity index (χ2v) is 8.44. The van der Waals surface area contributed by atoms with Crippen molar-refractivity contribution in [2.75, 3.05) is 13.7 Å². The lowest BCUT2D eigenvalue weighted by Gasteiger charge is -2.12. The van der Waals surface area contributed by atoms with Crippen LogP contribution in [0.15, 0.2) is 41.3 Å². The first-order valence-corrected chi connectivity index (χ1v) is 10.5. The number of sulfonamides is 1. The highest BCUT2D eigenvalue weighted by atomic mass is 35.5. The minimum Gasteiger partial charge on any atom is -0.496 e. The van der Waals surface area contributed by atoms with Crippen LogP contribution in [-0.2, 0) is 14.8 Å². The Hall–Kier alpha value is -2.62. The van der Waals surface area contributed by atoms with E-state index >= 15 is 0 Å². The van der Waals surface area contributed by atoms with Crippen LogP contribution in [0.2, 0.25) is 5.02 Å². The van der Waals surface area contributed by atoms with E-state index in [1.54, 1.807) is 32.0 Å². The van der Waals surface area contributed by atoms with Gasteiger partial charge in [-0.05, 0) is 49.2 Å². The van der Waals surface area contributed by atoms with Crippen LogP contribution in [0.4, 0.5) is 0 Å². The predicted molar refractivity (Wildman–Crippen MR) is 109 cm³/mol. The zero-order valence-corrected chi connectivity index (χ0v) is 17.8. The molecule has 156 valence electrons. The van der Waals surface area contributed by atoms with Gasteiger partial charge in [-0.1, -0.05) is 23.7 Å². The number of carbonyl (C=O) groups excluding carboxylic acids is 2. The van der Waals surface area contributed by atoms with Gasteiger partial charge in [-0.3, -0.25) is 20.4 Å². The highest BCUT2D eigenvalue weighted by Crippen LogP contribution is 2.22. The van der Waals surface area contributed by atoms with E-state index in [0.29, 0.717) is 16.3 Å². The topological polar surface area (TPSA) is 114 Å². The number of benzene rings is 2. The Morgan fingerprint density at radius 1 is 1.07 bits per heavy atom. The van der Waals surface area contributed by atoms with Gasteiger partial charge in [0.25, 0.3) is 5.91 Å². The lowest BCUT2D eigenvalue weighted by molar-refractivity contribution is -0.121. The lowest BCUT2D eigenvalue weighted by Crippen LogP contribution is -2.43. The molecule has 0 saturated carbocycles. The SMILES string of the molecule is COc1ccc(Cl)cc1C(=O)NNC(=O)CCNS(=O)(=O)c1cc(C)ccc1C. The molecule has 0 saturated heterocycles. The molecular weight excluding hydrogens is 418 g/mol. The first-order chi connectivity index (χ1) is 13.6. The molecule has 0 spiro atoms. The average Bonchev–Trinajstić information content (AvgIpc) is 2.67.